The predicted octanol–water partition coefficient (Wildman–Crippen LogP) is 0.704. The van der Waals surface area contributed by atoms with Crippen LogP contribution in [0.5, 0.6) is 0 Å². The van der Waals surface area contributed by atoms with Crippen molar-refractivity contribution in [3.8, 4) is 0 Å². The molecule has 1 aromatic heterocycles. The summed E-state index contributed by atoms with van der Waals surface area (Å²) < 4.78 is 5.20. The Hall–Kier alpha value is -0.800. The van der Waals surface area contributed by atoms with Gasteiger partial charge in [0, 0.05) is 25.6 Å². The summed E-state index contributed by atoms with van der Waals surface area (Å²) in [7, 11) is 0. The minimum Gasteiger partial charge on any atom is -0.468 e. The Bertz CT molecular complexity index is 227. The average Bonchev–Trinajstić information content (AvgIpc) is 2.47. The van der Waals surface area contributed by atoms with Crippen molar-refractivity contribution in [2.75, 3.05) is 19.7 Å². The van der Waals surface area contributed by atoms with Gasteiger partial charge in [-0.1, -0.05) is 0 Å². The Labute approximate surface area is 71.6 Å². The Morgan fingerprint density at radius 1 is 1.58 bits per heavy atom. The fourth-order valence-corrected chi connectivity index (χ4v) is 1.54. The summed E-state index contributed by atoms with van der Waals surface area (Å²) in [6, 6.07) is 3.88. The molecule has 1 N–H and O–H groups in total. The second-order valence-electron chi connectivity index (χ2n) is 3.32. The smallest absolute Gasteiger partial charge is 0.117 e. The van der Waals surface area contributed by atoms with Crippen LogP contribution in [0.3, 0.4) is 0 Å². The SMILES string of the molecule is OCC1CN(Cc2ccco2)C1. The molecule has 0 bridgehead atoms. The number of aliphatic hydroxyl groups is 1. The molecule has 12 heavy (non-hydrogen) atoms. The zero-order valence-corrected chi connectivity index (χ0v) is 6.94. The maximum Gasteiger partial charge on any atom is 0.117 e. The summed E-state index contributed by atoms with van der Waals surface area (Å²) in [6.07, 6.45) is 1.69. The van der Waals surface area contributed by atoms with Gasteiger partial charge in [-0.15, -0.1) is 0 Å². The largest absolute Gasteiger partial charge is 0.468 e. The maximum atomic E-state index is 8.78. The van der Waals surface area contributed by atoms with E-state index in [4.69, 9.17) is 9.52 Å². The molecular weight excluding hydrogens is 154 g/mol. The summed E-state index contributed by atoms with van der Waals surface area (Å²) in [5.74, 6) is 1.49. The fraction of sp³-hybridized carbons (Fsp3) is 0.556. The van der Waals surface area contributed by atoms with Gasteiger partial charge >= 0.3 is 0 Å². The van der Waals surface area contributed by atoms with E-state index < -0.39 is 0 Å². The molecule has 1 aliphatic heterocycles. The highest BCUT2D eigenvalue weighted by atomic mass is 16.3. The first-order valence-corrected chi connectivity index (χ1v) is 4.24. The quantitative estimate of drug-likeness (QED) is 0.720. The maximum absolute atomic E-state index is 8.78. The van der Waals surface area contributed by atoms with Gasteiger partial charge in [0.1, 0.15) is 5.76 Å². The zero-order chi connectivity index (χ0) is 8.39. The van der Waals surface area contributed by atoms with Gasteiger partial charge < -0.3 is 9.52 Å². The van der Waals surface area contributed by atoms with Gasteiger partial charge in [0.15, 0.2) is 0 Å². The molecule has 1 aliphatic rings. The van der Waals surface area contributed by atoms with Gasteiger partial charge in [0.05, 0.1) is 12.8 Å². The van der Waals surface area contributed by atoms with Crippen LogP contribution in [0.2, 0.25) is 0 Å². The first-order chi connectivity index (χ1) is 5.88. The van der Waals surface area contributed by atoms with Crippen LogP contribution in [0.25, 0.3) is 0 Å². The lowest BCUT2D eigenvalue weighted by Gasteiger charge is -2.37. The van der Waals surface area contributed by atoms with Gasteiger partial charge in [0.25, 0.3) is 0 Å². The summed E-state index contributed by atoms with van der Waals surface area (Å²) >= 11 is 0. The van der Waals surface area contributed by atoms with Crippen LogP contribution in [-0.4, -0.2) is 29.7 Å². The molecule has 0 aromatic carbocycles. The third-order valence-corrected chi connectivity index (χ3v) is 2.25. The van der Waals surface area contributed by atoms with Crippen molar-refractivity contribution in [3.63, 3.8) is 0 Å². The molecular formula is C9H13NO2. The Balaban J connectivity index is 1.77. The first kappa shape index (κ1) is 7.83. The van der Waals surface area contributed by atoms with E-state index in [2.05, 4.69) is 4.90 Å². The van der Waals surface area contributed by atoms with Crippen LogP contribution in [0, 0.1) is 5.92 Å². The highest BCUT2D eigenvalue weighted by Gasteiger charge is 2.25. The number of likely N-dealkylation sites (tertiary alicyclic amines) is 1. The van der Waals surface area contributed by atoms with Crippen molar-refractivity contribution < 1.29 is 9.52 Å². The molecule has 1 saturated heterocycles. The molecule has 2 heterocycles. The van der Waals surface area contributed by atoms with Crippen LogP contribution in [0.1, 0.15) is 5.76 Å². The lowest BCUT2D eigenvalue weighted by atomic mass is 10.0. The van der Waals surface area contributed by atoms with E-state index in [0.29, 0.717) is 12.5 Å². The first-order valence-electron chi connectivity index (χ1n) is 4.24. The summed E-state index contributed by atoms with van der Waals surface area (Å²) in [5.41, 5.74) is 0. The number of hydrogen-bond donors (Lipinski definition) is 1. The van der Waals surface area contributed by atoms with Crippen LogP contribution in [-0.2, 0) is 6.54 Å². The normalized spacial score (nSPS) is 19.4. The average molecular weight is 167 g/mol. The summed E-state index contributed by atoms with van der Waals surface area (Å²) in [6.45, 7) is 3.19. The van der Waals surface area contributed by atoms with Gasteiger partial charge in [-0.3, -0.25) is 4.90 Å². The molecule has 0 spiro atoms. The highest BCUT2D eigenvalue weighted by Crippen LogP contribution is 2.17. The molecule has 0 aliphatic carbocycles. The minimum atomic E-state index is 0.314. The predicted molar refractivity (Wildman–Crippen MR) is 44.6 cm³/mol. The zero-order valence-electron chi connectivity index (χ0n) is 6.94. The Morgan fingerprint density at radius 2 is 2.42 bits per heavy atom. The topological polar surface area (TPSA) is 36.6 Å². The molecule has 0 saturated carbocycles. The van der Waals surface area contributed by atoms with Crippen LogP contribution >= 0.6 is 0 Å². The molecule has 3 nitrogen and oxygen atoms in total. The van der Waals surface area contributed by atoms with E-state index in [1.807, 2.05) is 12.1 Å². The standard InChI is InChI=1S/C9H13NO2/c11-7-8-4-10(5-8)6-9-2-1-3-12-9/h1-3,8,11H,4-7H2. The second kappa shape index (κ2) is 3.29. The molecule has 1 fully saturated rings. The van der Waals surface area contributed by atoms with Crippen molar-refractivity contribution in [1.29, 1.82) is 0 Å². The van der Waals surface area contributed by atoms with Crippen molar-refractivity contribution in [2.45, 2.75) is 6.54 Å². The number of aliphatic hydroxyl groups excluding tert-OH is 1. The molecule has 3 heteroatoms. The van der Waals surface area contributed by atoms with E-state index in [-0.39, 0.29) is 0 Å². The van der Waals surface area contributed by atoms with E-state index in [0.717, 1.165) is 25.4 Å². The van der Waals surface area contributed by atoms with Crippen molar-refractivity contribution in [2.24, 2.45) is 5.92 Å². The van der Waals surface area contributed by atoms with Gasteiger partial charge in [-0.25, -0.2) is 0 Å². The molecule has 0 radical (unpaired) electrons. The van der Waals surface area contributed by atoms with Crippen LogP contribution < -0.4 is 0 Å². The minimum absolute atomic E-state index is 0.314. The van der Waals surface area contributed by atoms with Crippen LogP contribution in [0.15, 0.2) is 22.8 Å². The van der Waals surface area contributed by atoms with Crippen molar-refractivity contribution >= 4 is 0 Å². The number of rotatable bonds is 3. The van der Waals surface area contributed by atoms with Crippen molar-refractivity contribution in [1.82, 2.24) is 4.90 Å². The van der Waals surface area contributed by atoms with E-state index in [9.17, 15) is 0 Å². The Kier molecular flexibility index (Phi) is 2.15. The molecule has 1 aromatic rings. The van der Waals surface area contributed by atoms with Crippen molar-refractivity contribution in [3.05, 3.63) is 24.2 Å². The number of hydrogen-bond acceptors (Lipinski definition) is 3. The summed E-state index contributed by atoms with van der Waals surface area (Å²) in [5, 5.41) is 8.78. The van der Waals surface area contributed by atoms with E-state index in [1.54, 1.807) is 6.26 Å². The molecule has 2 rings (SSSR count). The lowest BCUT2D eigenvalue weighted by molar-refractivity contribution is 0.0429. The molecule has 0 unspecified atom stereocenters. The fourth-order valence-electron chi connectivity index (χ4n) is 1.54. The van der Waals surface area contributed by atoms with Gasteiger partial charge in [0.2, 0.25) is 0 Å². The van der Waals surface area contributed by atoms with Gasteiger partial charge in [-0.05, 0) is 12.1 Å². The highest BCUT2D eigenvalue weighted by molar-refractivity contribution is 4.99. The van der Waals surface area contributed by atoms with Gasteiger partial charge in [-0.2, -0.15) is 0 Å². The molecule has 66 valence electrons. The molecule has 0 atom stereocenters. The lowest BCUT2D eigenvalue weighted by Crippen LogP contribution is -2.47. The number of nitrogens with zero attached hydrogens (tertiary/aromatic N) is 1. The monoisotopic (exact) mass is 167 g/mol. The number of furan rings is 1. The summed E-state index contributed by atoms with van der Waals surface area (Å²) in [4.78, 5) is 2.26. The molecule has 0 amide bonds. The third-order valence-electron chi connectivity index (χ3n) is 2.25. The Morgan fingerprint density at radius 3 is 3.00 bits per heavy atom. The van der Waals surface area contributed by atoms with E-state index in [1.165, 1.54) is 0 Å². The second-order valence-corrected chi connectivity index (χ2v) is 3.32. The van der Waals surface area contributed by atoms with E-state index >= 15 is 0 Å². The third kappa shape index (κ3) is 1.52. The van der Waals surface area contributed by atoms with Crippen LogP contribution in [0.4, 0.5) is 0 Å².